The number of hydrogen-bond acceptors (Lipinski definition) is 1. The van der Waals surface area contributed by atoms with Gasteiger partial charge in [0.2, 0.25) is 0 Å². The van der Waals surface area contributed by atoms with Gasteiger partial charge in [-0.1, -0.05) is 66.0 Å². The maximum absolute atomic E-state index is 9.99. The van der Waals surface area contributed by atoms with Gasteiger partial charge in [0.1, 0.15) is 0 Å². The zero-order chi connectivity index (χ0) is 19.3. The summed E-state index contributed by atoms with van der Waals surface area (Å²) in [6.07, 6.45) is 15.9. The van der Waals surface area contributed by atoms with Crippen LogP contribution in [-0.4, -0.2) is 11.2 Å². The van der Waals surface area contributed by atoms with E-state index in [1.54, 1.807) is 5.57 Å². The molecule has 1 N–H and O–H groups in total. The van der Waals surface area contributed by atoms with Crippen LogP contribution >= 0.6 is 0 Å². The fourth-order valence-corrected chi connectivity index (χ4v) is 7.18. The van der Waals surface area contributed by atoms with E-state index >= 15 is 0 Å². The van der Waals surface area contributed by atoms with Gasteiger partial charge in [0.15, 0.2) is 0 Å². The average molecular weight is 363 g/mol. The molecule has 7 unspecified atom stereocenters. The Balaban J connectivity index is 0.000000570. The molecule has 0 bridgehead atoms. The Labute approximate surface area is 164 Å². The Morgan fingerprint density at radius 3 is 2.42 bits per heavy atom. The maximum Gasteiger partial charge on any atom is 0.0577 e. The van der Waals surface area contributed by atoms with Gasteiger partial charge in [-0.05, 0) is 86.4 Å². The number of aliphatic hydroxyl groups excluding tert-OH is 1. The highest BCUT2D eigenvalue weighted by Crippen LogP contribution is 2.63. The van der Waals surface area contributed by atoms with Crippen molar-refractivity contribution in [3.05, 3.63) is 11.6 Å². The minimum atomic E-state index is -0.0479. The molecule has 0 aromatic carbocycles. The van der Waals surface area contributed by atoms with E-state index in [4.69, 9.17) is 0 Å². The van der Waals surface area contributed by atoms with Crippen LogP contribution in [0, 0.1) is 35.0 Å². The summed E-state index contributed by atoms with van der Waals surface area (Å²) in [5, 5.41) is 9.99. The SMILES string of the molecule is CC.CC.CCCC1CCC2C3CC=C4CC(O)CCC4C3CCC12C. The lowest BCUT2D eigenvalue weighted by Gasteiger charge is -2.53. The van der Waals surface area contributed by atoms with Crippen molar-refractivity contribution in [2.24, 2.45) is 35.0 Å². The van der Waals surface area contributed by atoms with Gasteiger partial charge in [0, 0.05) is 0 Å². The molecule has 4 aliphatic carbocycles. The number of rotatable bonds is 2. The van der Waals surface area contributed by atoms with Gasteiger partial charge in [0.25, 0.3) is 0 Å². The summed E-state index contributed by atoms with van der Waals surface area (Å²) in [6.45, 7) is 13.0. The van der Waals surface area contributed by atoms with E-state index in [0.29, 0.717) is 5.41 Å². The topological polar surface area (TPSA) is 20.2 Å². The molecule has 1 heteroatoms. The van der Waals surface area contributed by atoms with Gasteiger partial charge in [-0.15, -0.1) is 0 Å². The molecule has 4 aliphatic rings. The molecule has 0 heterocycles. The molecule has 0 saturated heterocycles. The molecule has 4 rings (SSSR count). The first-order chi connectivity index (χ1) is 12.6. The summed E-state index contributed by atoms with van der Waals surface area (Å²) < 4.78 is 0. The van der Waals surface area contributed by atoms with Gasteiger partial charge in [-0.2, -0.15) is 0 Å². The molecule has 26 heavy (non-hydrogen) atoms. The van der Waals surface area contributed by atoms with E-state index < -0.39 is 0 Å². The molecule has 0 spiro atoms. The van der Waals surface area contributed by atoms with Crippen LogP contribution in [0.5, 0.6) is 0 Å². The van der Waals surface area contributed by atoms with Gasteiger partial charge >= 0.3 is 0 Å². The summed E-state index contributed by atoms with van der Waals surface area (Å²) >= 11 is 0. The van der Waals surface area contributed by atoms with Gasteiger partial charge in [-0.25, -0.2) is 0 Å². The van der Waals surface area contributed by atoms with Crippen LogP contribution in [0.25, 0.3) is 0 Å². The van der Waals surface area contributed by atoms with Crippen LogP contribution < -0.4 is 0 Å². The van der Waals surface area contributed by atoms with Gasteiger partial charge in [-0.3, -0.25) is 0 Å². The van der Waals surface area contributed by atoms with E-state index in [-0.39, 0.29) is 6.10 Å². The zero-order valence-electron chi connectivity index (χ0n) is 18.6. The van der Waals surface area contributed by atoms with E-state index in [1.807, 2.05) is 27.7 Å². The van der Waals surface area contributed by atoms with E-state index in [2.05, 4.69) is 19.9 Å². The Morgan fingerprint density at radius 1 is 1.00 bits per heavy atom. The maximum atomic E-state index is 9.99. The third-order valence-electron chi connectivity index (χ3n) is 8.25. The van der Waals surface area contributed by atoms with Gasteiger partial charge < -0.3 is 5.11 Å². The number of fused-ring (bicyclic) bond motifs is 5. The van der Waals surface area contributed by atoms with Crippen LogP contribution in [-0.2, 0) is 0 Å². The van der Waals surface area contributed by atoms with E-state index in [9.17, 15) is 5.11 Å². The normalized spacial score (nSPS) is 43.4. The molecule has 3 saturated carbocycles. The fraction of sp³-hybridized carbons (Fsp3) is 0.920. The highest BCUT2D eigenvalue weighted by molar-refractivity contribution is 5.20. The molecule has 0 radical (unpaired) electrons. The second kappa shape index (κ2) is 9.76. The molecular weight excluding hydrogens is 316 g/mol. The second-order valence-electron chi connectivity index (χ2n) is 9.10. The molecule has 1 nitrogen and oxygen atoms in total. The Morgan fingerprint density at radius 2 is 1.73 bits per heavy atom. The standard InChI is InChI=1S/C21H34O.2C2H6/c1-3-4-15-6-10-20-19-8-5-14-13-16(22)7-9-17(14)18(19)11-12-21(15,20)2;2*1-2/h5,15-20,22H,3-4,6-13H2,1-2H3;2*1-2H3. The number of hydrogen-bond donors (Lipinski definition) is 1. The summed E-state index contributed by atoms with van der Waals surface area (Å²) in [4.78, 5) is 0. The minimum Gasteiger partial charge on any atom is -0.393 e. The first-order valence-electron chi connectivity index (χ1n) is 12.0. The molecule has 3 fully saturated rings. The first kappa shape index (κ1) is 22.0. The lowest BCUT2D eigenvalue weighted by Crippen LogP contribution is -2.46. The van der Waals surface area contributed by atoms with Crippen LogP contribution in [0.4, 0.5) is 0 Å². The van der Waals surface area contributed by atoms with Crippen LogP contribution in [0.1, 0.15) is 106 Å². The molecule has 0 aromatic heterocycles. The monoisotopic (exact) mass is 362 g/mol. The Bertz CT molecular complexity index is 453. The van der Waals surface area contributed by atoms with Crippen molar-refractivity contribution < 1.29 is 5.11 Å². The largest absolute Gasteiger partial charge is 0.393 e. The molecular formula is C25H46O. The predicted octanol–water partition coefficient (Wildman–Crippen LogP) is 7.39. The van der Waals surface area contributed by atoms with Crippen molar-refractivity contribution in [1.82, 2.24) is 0 Å². The molecule has 7 atom stereocenters. The third kappa shape index (κ3) is 3.94. The van der Waals surface area contributed by atoms with Crippen molar-refractivity contribution in [2.75, 3.05) is 0 Å². The highest BCUT2D eigenvalue weighted by Gasteiger charge is 2.55. The molecule has 0 amide bonds. The summed E-state index contributed by atoms with van der Waals surface area (Å²) in [7, 11) is 0. The molecule has 0 aromatic rings. The average Bonchev–Trinajstić information content (AvgIpc) is 3.01. The van der Waals surface area contributed by atoms with Crippen molar-refractivity contribution in [3.63, 3.8) is 0 Å². The molecule has 152 valence electrons. The number of allylic oxidation sites excluding steroid dienone is 1. The summed E-state index contributed by atoms with van der Waals surface area (Å²) in [6, 6.07) is 0. The summed E-state index contributed by atoms with van der Waals surface area (Å²) in [5.41, 5.74) is 2.28. The van der Waals surface area contributed by atoms with E-state index in [0.717, 1.165) is 42.4 Å². The Hall–Kier alpha value is -0.300. The second-order valence-corrected chi connectivity index (χ2v) is 9.10. The quantitative estimate of drug-likeness (QED) is 0.508. The lowest BCUT2D eigenvalue weighted by molar-refractivity contribution is -0.0197. The van der Waals surface area contributed by atoms with Crippen LogP contribution in [0.3, 0.4) is 0 Å². The zero-order valence-corrected chi connectivity index (χ0v) is 18.6. The minimum absolute atomic E-state index is 0.0479. The highest BCUT2D eigenvalue weighted by atomic mass is 16.3. The Kier molecular flexibility index (Phi) is 8.26. The summed E-state index contributed by atoms with van der Waals surface area (Å²) in [5.74, 6) is 4.74. The first-order valence-corrected chi connectivity index (χ1v) is 12.0. The lowest BCUT2D eigenvalue weighted by atomic mass is 9.51. The molecule has 0 aliphatic heterocycles. The van der Waals surface area contributed by atoms with E-state index in [1.165, 1.54) is 51.4 Å². The van der Waals surface area contributed by atoms with Crippen LogP contribution in [0.15, 0.2) is 11.6 Å². The smallest absolute Gasteiger partial charge is 0.0577 e. The fourth-order valence-electron chi connectivity index (χ4n) is 7.18. The van der Waals surface area contributed by atoms with Gasteiger partial charge in [0.05, 0.1) is 6.10 Å². The van der Waals surface area contributed by atoms with Crippen molar-refractivity contribution in [3.8, 4) is 0 Å². The predicted molar refractivity (Wildman–Crippen MR) is 114 cm³/mol. The number of aliphatic hydroxyl groups is 1. The van der Waals surface area contributed by atoms with Crippen molar-refractivity contribution >= 4 is 0 Å². The third-order valence-corrected chi connectivity index (χ3v) is 8.25. The van der Waals surface area contributed by atoms with Crippen molar-refractivity contribution in [1.29, 1.82) is 0 Å². The van der Waals surface area contributed by atoms with Crippen LogP contribution in [0.2, 0.25) is 0 Å². The van der Waals surface area contributed by atoms with Crippen molar-refractivity contribution in [2.45, 2.75) is 112 Å².